The summed E-state index contributed by atoms with van der Waals surface area (Å²) in [6.45, 7) is 1.96. The number of ether oxygens (including phenoxy) is 2. The molecule has 1 aromatic heterocycles. The van der Waals surface area contributed by atoms with Crippen molar-refractivity contribution in [2.45, 2.75) is 6.92 Å². The summed E-state index contributed by atoms with van der Waals surface area (Å²) in [6.07, 6.45) is 1.63. The van der Waals surface area contributed by atoms with Crippen molar-refractivity contribution in [3.8, 4) is 28.8 Å². The van der Waals surface area contributed by atoms with Gasteiger partial charge in [0.15, 0.2) is 17.2 Å². The molecule has 1 heterocycles. The van der Waals surface area contributed by atoms with Crippen molar-refractivity contribution in [3.63, 3.8) is 0 Å². The highest BCUT2D eigenvalue weighted by Crippen LogP contribution is 2.36. The summed E-state index contributed by atoms with van der Waals surface area (Å²) >= 11 is 0. The van der Waals surface area contributed by atoms with Crippen LogP contribution in [0.1, 0.15) is 11.3 Å². The molecule has 0 saturated carbocycles. The molecule has 0 radical (unpaired) electrons. The molecule has 98 valence electrons. The van der Waals surface area contributed by atoms with Crippen LogP contribution in [0.5, 0.6) is 11.5 Å². The van der Waals surface area contributed by atoms with Crippen LogP contribution in [0.4, 0.5) is 0 Å². The average Bonchev–Trinajstić information content (AvgIpc) is 2.79. The van der Waals surface area contributed by atoms with Gasteiger partial charge in [-0.05, 0) is 24.6 Å². The fraction of sp³-hybridized carbons (Fsp3) is 0.286. The molecule has 0 aliphatic rings. The lowest BCUT2D eigenvalue weighted by Gasteiger charge is -2.13. The minimum Gasteiger partial charge on any atom is -0.493 e. The van der Waals surface area contributed by atoms with Crippen LogP contribution in [0.25, 0.3) is 11.3 Å². The van der Waals surface area contributed by atoms with Crippen LogP contribution in [0.3, 0.4) is 0 Å². The molecule has 0 aliphatic heterocycles. The predicted octanol–water partition coefficient (Wildman–Crippen LogP) is 2.28. The summed E-state index contributed by atoms with van der Waals surface area (Å²) in [5, 5.41) is 9.13. The van der Waals surface area contributed by atoms with Crippen LogP contribution in [0, 0.1) is 18.3 Å². The van der Waals surface area contributed by atoms with Gasteiger partial charge in [0.05, 0.1) is 26.2 Å². The molecule has 1 aromatic carbocycles. The van der Waals surface area contributed by atoms with Gasteiger partial charge in [0.25, 0.3) is 0 Å². The van der Waals surface area contributed by atoms with Gasteiger partial charge in [-0.1, -0.05) is 0 Å². The molecule has 0 bridgehead atoms. The zero-order chi connectivity index (χ0) is 14.0. The quantitative estimate of drug-likeness (QED) is 0.846. The molecule has 2 aromatic rings. The first-order chi connectivity index (χ1) is 9.12. The van der Waals surface area contributed by atoms with Gasteiger partial charge < -0.3 is 14.0 Å². The molecule has 0 spiro atoms. The largest absolute Gasteiger partial charge is 0.493 e. The number of nitriles is 1. The molecule has 0 N–H and O–H groups in total. The maximum atomic E-state index is 9.13. The maximum absolute atomic E-state index is 9.13. The number of methoxy groups -OCH3 is 2. The van der Waals surface area contributed by atoms with E-state index >= 15 is 0 Å². The maximum Gasteiger partial charge on any atom is 0.166 e. The lowest BCUT2D eigenvalue weighted by Crippen LogP contribution is -1.97. The molecule has 5 nitrogen and oxygen atoms in total. The first-order valence-corrected chi connectivity index (χ1v) is 5.76. The van der Waals surface area contributed by atoms with Gasteiger partial charge >= 0.3 is 0 Å². The first kappa shape index (κ1) is 13.0. The summed E-state index contributed by atoms with van der Waals surface area (Å²) in [7, 11) is 5.05. The summed E-state index contributed by atoms with van der Waals surface area (Å²) < 4.78 is 12.4. The van der Waals surface area contributed by atoms with Crippen molar-refractivity contribution in [2.75, 3.05) is 14.2 Å². The minimum absolute atomic E-state index is 0.401. The second kappa shape index (κ2) is 5.02. The molecule has 0 unspecified atom stereocenters. The number of nitrogens with zero attached hydrogens (tertiary/aromatic N) is 3. The molecule has 5 heteroatoms. The molecule has 0 amide bonds. The Balaban J connectivity index is 2.69. The Hall–Kier alpha value is -2.48. The van der Waals surface area contributed by atoms with Crippen LogP contribution in [0.2, 0.25) is 0 Å². The summed E-state index contributed by atoms with van der Waals surface area (Å²) in [5.74, 6) is 1.30. The van der Waals surface area contributed by atoms with E-state index in [1.54, 1.807) is 20.5 Å². The van der Waals surface area contributed by atoms with Crippen LogP contribution >= 0.6 is 0 Å². The highest BCUT2D eigenvalue weighted by Gasteiger charge is 2.16. The van der Waals surface area contributed by atoms with Crippen molar-refractivity contribution in [2.24, 2.45) is 7.05 Å². The molecular weight excluding hydrogens is 242 g/mol. The average molecular weight is 257 g/mol. The fourth-order valence-corrected chi connectivity index (χ4v) is 2.07. The Morgan fingerprint density at radius 3 is 2.42 bits per heavy atom. The number of rotatable bonds is 3. The van der Waals surface area contributed by atoms with E-state index < -0.39 is 0 Å². The number of hydrogen-bond acceptors (Lipinski definition) is 4. The van der Waals surface area contributed by atoms with E-state index in [0.29, 0.717) is 17.2 Å². The second-order valence-electron chi connectivity index (χ2n) is 4.19. The van der Waals surface area contributed by atoms with Crippen LogP contribution in [0.15, 0.2) is 18.5 Å². The zero-order valence-corrected chi connectivity index (χ0v) is 11.4. The molecule has 0 aliphatic carbocycles. The monoisotopic (exact) mass is 257 g/mol. The Morgan fingerprint density at radius 2 is 1.84 bits per heavy atom. The fourth-order valence-electron chi connectivity index (χ4n) is 2.07. The number of imidazole rings is 1. The second-order valence-corrected chi connectivity index (χ2v) is 4.19. The van der Waals surface area contributed by atoms with E-state index in [9.17, 15) is 0 Å². The van der Waals surface area contributed by atoms with E-state index in [-0.39, 0.29) is 0 Å². The van der Waals surface area contributed by atoms with Gasteiger partial charge in [0, 0.05) is 12.6 Å². The van der Waals surface area contributed by atoms with Crippen LogP contribution in [-0.2, 0) is 7.05 Å². The van der Waals surface area contributed by atoms with E-state index in [4.69, 9.17) is 14.7 Å². The minimum atomic E-state index is 0.401. The smallest absolute Gasteiger partial charge is 0.166 e. The Bertz CT molecular complexity index is 653. The molecule has 0 atom stereocenters. The molecular formula is C14H15N3O2. The van der Waals surface area contributed by atoms with Crippen molar-refractivity contribution in [3.05, 3.63) is 29.7 Å². The topological polar surface area (TPSA) is 60.1 Å². The van der Waals surface area contributed by atoms with Gasteiger partial charge in [-0.3, -0.25) is 0 Å². The Labute approximate surface area is 112 Å². The molecule has 0 saturated heterocycles. The van der Waals surface area contributed by atoms with Crippen molar-refractivity contribution >= 4 is 0 Å². The van der Waals surface area contributed by atoms with Crippen molar-refractivity contribution < 1.29 is 9.47 Å². The van der Waals surface area contributed by atoms with Gasteiger partial charge in [0.2, 0.25) is 0 Å². The molecule has 19 heavy (non-hydrogen) atoms. The normalized spacial score (nSPS) is 10.1. The highest BCUT2D eigenvalue weighted by atomic mass is 16.5. The third-order valence-electron chi connectivity index (χ3n) is 3.03. The molecule has 2 rings (SSSR count). The zero-order valence-electron chi connectivity index (χ0n) is 11.4. The Kier molecular flexibility index (Phi) is 3.43. The standard InChI is InChI=1S/C14H15N3O2/c1-9-5-12(18-3)13(19-4)6-10(9)14-11(7-15)16-8-17(14)2/h5-6,8H,1-4H3. The van der Waals surface area contributed by atoms with Gasteiger partial charge in [-0.2, -0.15) is 5.26 Å². The lowest BCUT2D eigenvalue weighted by molar-refractivity contribution is 0.355. The third-order valence-corrected chi connectivity index (χ3v) is 3.03. The van der Waals surface area contributed by atoms with Crippen LogP contribution < -0.4 is 9.47 Å². The summed E-state index contributed by atoms with van der Waals surface area (Å²) in [6, 6.07) is 5.86. The third kappa shape index (κ3) is 2.13. The summed E-state index contributed by atoms with van der Waals surface area (Å²) in [4.78, 5) is 4.08. The number of aromatic nitrogens is 2. The predicted molar refractivity (Wildman–Crippen MR) is 71.2 cm³/mol. The van der Waals surface area contributed by atoms with Gasteiger partial charge in [-0.25, -0.2) is 4.98 Å². The number of aryl methyl sites for hydroxylation is 2. The van der Waals surface area contributed by atoms with Gasteiger partial charge in [-0.15, -0.1) is 0 Å². The van der Waals surface area contributed by atoms with Crippen molar-refractivity contribution in [1.82, 2.24) is 9.55 Å². The van der Waals surface area contributed by atoms with Crippen molar-refractivity contribution in [1.29, 1.82) is 5.26 Å². The highest BCUT2D eigenvalue weighted by molar-refractivity contribution is 5.72. The number of hydrogen-bond donors (Lipinski definition) is 0. The van der Waals surface area contributed by atoms with E-state index in [1.807, 2.05) is 30.7 Å². The molecule has 0 fully saturated rings. The number of benzene rings is 1. The first-order valence-electron chi connectivity index (χ1n) is 5.76. The van der Waals surface area contributed by atoms with E-state index in [2.05, 4.69) is 11.1 Å². The van der Waals surface area contributed by atoms with Crippen LogP contribution in [-0.4, -0.2) is 23.8 Å². The van der Waals surface area contributed by atoms with E-state index in [0.717, 1.165) is 16.8 Å². The lowest BCUT2D eigenvalue weighted by atomic mass is 10.0. The summed E-state index contributed by atoms with van der Waals surface area (Å²) in [5.41, 5.74) is 3.09. The Morgan fingerprint density at radius 1 is 1.21 bits per heavy atom. The van der Waals surface area contributed by atoms with Gasteiger partial charge in [0.1, 0.15) is 6.07 Å². The SMILES string of the molecule is COc1cc(C)c(-c2c(C#N)ncn2C)cc1OC. The van der Waals surface area contributed by atoms with E-state index in [1.165, 1.54) is 0 Å².